The predicted octanol–water partition coefficient (Wildman–Crippen LogP) is 4.71. The molecule has 0 radical (unpaired) electrons. The molecule has 3 aromatic rings. The molecule has 0 amide bonds. The van der Waals surface area contributed by atoms with Crippen LogP contribution in [0.15, 0.2) is 63.5 Å². The third-order valence-electron chi connectivity index (χ3n) is 3.87. The van der Waals surface area contributed by atoms with Gasteiger partial charge in [-0.3, -0.25) is 0 Å². The predicted molar refractivity (Wildman–Crippen MR) is 98.9 cm³/mol. The Balaban J connectivity index is 1.31. The fourth-order valence-corrected chi connectivity index (χ4v) is 2.75. The molecule has 1 aliphatic rings. The Bertz CT molecular complexity index is 947. The first kappa shape index (κ1) is 17.5. The fourth-order valence-electron chi connectivity index (χ4n) is 2.49. The van der Waals surface area contributed by atoms with Crippen molar-refractivity contribution in [3.05, 3.63) is 76.2 Å². The molecule has 138 valence electrons. The van der Waals surface area contributed by atoms with Crippen LogP contribution in [0.5, 0.6) is 17.2 Å². The first-order chi connectivity index (χ1) is 13.2. The number of hydrogen-bond acceptors (Lipinski definition) is 6. The van der Waals surface area contributed by atoms with Crippen LogP contribution in [0.2, 0.25) is 0 Å². The zero-order valence-electron chi connectivity index (χ0n) is 14.1. The van der Waals surface area contributed by atoms with E-state index in [9.17, 15) is 4.79 Å². The lowest BCUT2D eigenvalue weighted by Gasteiger charge is -2.05. The van der Waals surface area contributed by atoms with Gasteiger partial charge in [0, 0.05) is 10.5 Å². The summed E-state index contributed by atoms with van der Waals surface area (Å²) in [6, 6.07) is 16.1. The minimum Gasteiger partial charge on any atom is -0.486 e. The third kappa shape index (κ3) is 4.25. The zero-order valence-corrected chi connectivity index (χ0v) is 15.7. The molecule has 0 fully saturated rings. The lowest BCUT2D eigenvalue weighted by Crippen LogP contribution is -2.04. The second-order valence-corrected chi connectivity index (χ2v) is 6.69. The molecule has 0 saturated heterocycles. The monoisotopic (exact) mass is 430 g/mol. The Labute approximate surface area is 163 Å². The second-order valence-electron chi connectivity index (χ2n) is 5.77. The van der Waals surface area contributed by atoms with Crippen molar-refractivity contribution in [2.24, 2.45) is 0 Å². The number of ether oxygens (including phenoxy) is 4. The maximum atomic E-state index is 12.1. The molecule has 27 heavy (non-hydrogen) atoms. The number of halogens is 1. The summed E-state index contributed by atoms with van der Waals surface area (Å²) in [4.78, 5) is 12.1. The molecule has 0 saturated carbocycles. The molecular weight excluding hydrogens is 416 g/mol. The summed E-state index contributed by atoms with van der Waals surface area (Å²) < 4.78 is 28.0. The van der Waals surface area contributed by atoms with Crippen LogP contribution >= 0.6 is 15.9 Å². The number of benzene rings is 2. The molecule has 1 aromatic heterocycles. The van der Waals surface area contributed by atoms with Crippen molar-refractivity contribution in [1.29, 1.82) is 0 Å². The van der Waals surface area contributed by atoms with Crippen LogP contribution in [-0.2, 0) is 18.0 Å². The van der Waals surface area contributed by atoms with Crippen molar-refractivity contribution in [1.82, 2.24) is 0 Å². The molecule has 2 heterocycles. The topological polar surface area (TPSA) is 67.1 Å². The molecule has 4 rings (SSSR count). The van der Waals surface area contributed by atoms with Crippen LogP contribution in [0.3, 0.4) is 0 Å². The molecular formula is C20H15BrO6. The van der Waals surface area contributed by atoms with Crippen molar-refractivity contribution >= 4 is 21.9 Å². The van der Waals surface area contributed by atoms with Gasteiger partial charge in [0.1, 0.15) is 24.7 Å². The Kier molecular flexibility index (Phi) is 5.02. The largest absolute Gasteiger partial charge is 0.486 e. The molecule has 0 atom stereocenters. The molecule has 6 nitrogen and oxygen atoms in total. The Hall–Kier alpha value is -2.93. The number of furan rings is 1. The standard InChI is InChI=1S/C20H15BrO6/c21-14-3-1-13(2-4-14)10-24-20(22)18-8-6-16(27-18)11-23-15-5-7-17-19(9-15)26-12-25-17/h1-9H,10-12H2. The van der Waals surface area contributed by atoms with Gasteiger partial charge in [0.2, 0.25) is 12.6 Å². The summed E-state index contributed by atoms with van der Waals surface area (Å²) in [6.45, 7) is 0.568. The van der Waals surface area contributed by atoms with E-state index < -0.39 is 5.97 Å². The van der Waals surface area contributed by atoms with E-state index in [4.69, 9.17) is 23.4 Å². The number of rotatable bonds is 6. The highest BCUT2D eigenvalue weighted by molar-refractivity contribution is 9.10. The zero-order chi connectivity index (χ0) is 18.6. The van der Waals surface area contributed by atoms with E-state index in [1.54, 1.807) is 30.3 Å². The summed E-state index contributed by atoms with van der Waals surface area (Å²) >= 11 is 3.36. The quantitative estimate of drug-likeness (QED) is 0.527. The van der Waals surface area contributed by atoms with Gasteiger partial charge in [-0.25, -0.2) is 4.79 Å². The number of carbonyl (C=O) groups is 1. The second kappa shape index (κ2) is 7.75. The number of esters is 1. The van der Waals surface area contributed by atoms with Crippen LogP contribution in [0, 0.1) is 0 Å². The summed E-state index contributed by atoms with van der Waals surface area (Å²) in [5, 5.41) is 0. The SMILES string of the molecule is O=C(OCc1ccc(Br)cc1)c1ccc(COc2ccc3c(c2)OCO3)o1. The van der Waals surface area contributed by atoms with E-state index in [-0.39, 0.29) is 25.8 Å². The third-order valence-corrected chi connectivity index (χ3v) is 4.40. The molecule has 7 heteroatoms. The van der Waals surface area contributed by atoms with Crippen LogP contribution in [0.1, 0.15) is 21.9 Å². The van der Waals surface area contributed by atoms with Gasteiger partial charge >= 0.3 is 5.97 Å². The molecule has 0 spiro atoms. The first-order valence-corrected chi connectivity index (χ1v) is 8.99. The van der Waals surface area contributed by atoms with E-state index in [0.717, 1.165) is 10.0 Å². The summed E-state index contributed by atoms with van der Waals surface area (Å²) in [7, 11) is 0. The lowest BCUT2D eigenvalue weighted by molar-refractivity contribution is 0.0432. The van der Waals surface area contributed by atoms with Gasteiger partial charge < -0.3 is 23.4 Å². The average molecular weight is 431 g/mol. The van der Waals surface area contributed by atoms with Gasteiger partial charge in [-0.15, -0.1) is 0 Å². The van der Waals surface area contributed by atoms with Crippen molar-refractivity contribution in [3.63, 3.8) is 0 Å². The number of hydrogen-bond donors (Lipinski definition) is 0. The van der Waals surface area contributed by atoms with Gasteiger partial charge in [-0.1, -0.05) is 28.1 Å². The molecule has 0 unspecified atom stereocenters. The smallest absolute Gasteiger partial charge is 0.374 e. The highest BCUT2D eigenvalue weighted by atomic mass is 79.9. The van der Waals surface area contributed by atoms with Gasteiger partial charge in [0.15, 0.2) is 11.5 Å². The van der Waals surface area contributed by atoms with Gasteiger partial charge in [0.05, 0.1) is 0 Å². The normalized spacial score (nSPS) is 12.0. The summed E-state index contributed by atoms with van der Waals surface area (Å²) in [5.74, 6) is 2.09. The van der Waals surface area contributed by atoms with E-state index in [2.05, 4.69) is 15.9 Å². The molecule has 0 N–H and O–H groups in total. The molecule has 0 bridgehead atoms. The summed E-state index contributed by atoms with van der Waals surface area (Å²) in [6.07, 6.45) is 0. The van der Waals surface area contributed by atoms with Crippen LogP contribution in [0.4, 0.5) is 0 Å². The van der Waals surface area contributed by atoms with E-state index in [1.807, 2.05) is 24.3 Å². The van der Waals surface area contributed by atoms with Gasteiger partial charge in [0.25, 0.3) is 0 Å². The molecule has 1 aliphatic heterocycles. The molecule has 2 aromatic carbocycles. The highest BCUT2D eigenvalue weighted by Crippen LogP contribution is 2.35. The first-order valence-electron chi connectivity index (χ1n) is 8.20. The van der Waals surface area contributed by atoms with Gasteiger partial charge in [-0.2, -0.15) is 0 Å². The van der Waals surface area contributed by atoms with Crippen LogP contribution in [0.25, 0.3) is 0 Å². The van der Waals surface area contributed by atoms with Crippen molar-refractivity contribution < 1.29 is 28.2 Å². The number of fused-ring (bicyclic) bond motifs is 1. The van der Waals surface area contributed by atoms with Crippen molar-refractivity contribution in [2.45, 2.75) is 13.2 Å². The lowest BCUT2D eigenvalue weighted by atomic mass is 10.2. The summed E-state index contributed by atoms with van der Waals surface area (Å²) in [5.41, 5.74) is 0.893. The minimum atomic E-state index is -0.521. The Morgan fingerprint density at radius 1 is 0.963 bits per heavy atom. The number of carbonyl (C=O) groups excluding carboxylic acids is 1. The maximum absolute atomic E-state index is 12.1. The highest BCUT2D eigenvalue weighted by Gasteiger charge is 2.15. The maximum Gasteiger partial charge on any atom is 0.374 e. The Morgan fingerprint density at radius 2 is 1.78 bits per heavy atom. The fraction of sp³-hybridized carbons (Fsp3) is 0.150. The van der Waals surface area contributed by atoms with Crippen molar-refractivity contribution in [3.8, 4) is 17.2 Å². The average Bonchev–Trinajstić information content (AvgIpc) is 3.34. The Morgan fingerprint density at radius 3 is 2.63 bits per heavy atom. The van der Waals surface area contributed by atoms with E-state index in [1.165, 1.54) is 0 Å². The minimum absolute atomic E-state index is 0.136. The van der Waals surface area contributed by atoms with E-state index >= 15 is 0 Å². The van der Waals surface area contributed by atoms with Crippen molar-refractivity contribution in [2.75, 3.05) is 6.79 Å². The van der Waals surface area contributed by atoms with E-state index in [0.29, 0.717) is 23.0 Å². The molecule has 0 aliphatic carbocycles. The van der Waals surface area contributed by atoms with Gasteiger partial charge in [-0.05, 0) is 42.0 Å². The van der Waals surface area contributed by atoms with Crippen LogP contribution < -0.4 is 14.2 Å². The van der Waals surface area contributed by atoms with Crippen LogP contribution in [-0.4, -0.2) is 12.8 Å².